The van der Waals surface area contributed by atoms with Gasteiger partial charge in [0.2, 0.25) is 0 Å². The van der Waals surface area contributed by atoms with Gasteiger partial charge in [0.25, 0.3) is 5.69 Å². The quantitative estimate of drug-likeness (QED) is 0.681. The minimum atomic E-state index is -0.456. The fraction of sp³-hybridized carbons (Fsp3) is 0.0833. The van der Waals surface area contributed by atoms with E-state index in [2.05, 4.69) is 10.3 Å². The van der Waals surface area contributed by atoms with Crippen LogP contribution in [0, 0.1) is 10.1 Å². The maximum Gasteiger partial charge on any atom is 0.295 e. The zero-order chi connectivity index (χ0) is 13.1. The van der Waals surface area contributed by atoms with Crippen molar-refractivity contribution >= 4 is 23.1 Å². The van der Waals surface area contributed by atoms with Gasteiger partial charge in [-0.3, -0.25) is 10.1 Å². The van der Waals surface area contributed by atoms with Gasteiger partial charge in [-0.2, -0.15) is 0 Å². The maximum absolute atomic E-state index is 11.0. The van der Waals surface area contributed by atoms with Gasteiger partial charge >= 0.3 is 0 Å². The Bertz CT molecular complexity index is 602. The molecule has 1 aromatic heterocycles. The molecule has 1 aromatic carbocycles. The summed E-state index contributed by atoms with van der Waals surface area (Å²) in [5, 5.41) is 14.4. The van der Waals surface area contributed by atoms with Crippen molar-refractivity contribution < 1.29 is 4.92 Å². The molecule has 5 nitrogen and oxygen atoms in total. The Morgan fingerprint density at radius 3 is 2.72 bits per heavy atom. The van der Waals surface area contributed by atoms with Crippen molar-refractivity contribution in [3.8, 4) is 11.3 Å². The monoisotopic (exact) mass is 263 g/mol. The van der Waals surface area contributed by atoms with E-state index in [-0.39, 0.29) is 5.69 Å². The molecule has 0 saturated carbocycles. The molecule has 2 aromatic rings. The predicted octanol–water partition coefficient (Wildman–Crippen LogP) is 3.35. The second-order valence-corrected chi connectivity index (χ2v) is 4.02. The Kier molecular flexibility index (Phi) is 3.43. The van der Waals surface area contributed by atoms with Crippen LogP contribution < -0.4 is 5.32 Å². The lowest BCUT2D eigenvalue weighted by Crippen LogP contribution is -1.98. The van der Waals surface area contributed by atoms with Crippen molar-refractivity contribution in [3.63, 3.8) is 0 Å². The van der Waals surface area contributed by atoms with Gasteiger partial charge in [-0.1, -0.05) is 23.7 Å². The number of hydrogen-bond acceptors (Lipinski definition) is 4. The number of nitrogens with zero attached hydrogens (tertiary/aromatic N) is 2. The predicted molar refractivity (Wildman–Crippen MR) is 70.9 cm³/mol. The number of anilines is 1. The summed E-state index contributed by atoms with van der Waals surface area (Å²) < 4.78 is 0. The van der Waals surface area contributed by atoms with Crippen molar-refractivity contribution in [2.45, 2.75) is 0 Å². The van der Waals surface area contributed by atoms with Crippen LogP contribution in [0.1, 0.15) is 0 Å². The third-order valence-corrected chi connectivity index (χ3v) is 2.66. The summed E-state index contributed by atoms with van der Waals surface area (Å²) in [5.74, 6) is 0.565. The molecule has 0 amide bonds. The smallest absolute Gasteiger partial charge is 0.295 e. The Hall–Kier alpha value is -2.14. The number of aromatic nitrogens is 1. The molecule has 0 aliphatic carbocycles. The SMILES string of the molecule is CNc1ccc([N+](=O)[O-])c(-c2cccc(Cl)c2)n1. The molecule has 1 N–H and O–H groups in total. The normalized spacial score (nSPS) is 10.1. The van der Waals surface area contributed by atoms with Crippen LogP contribution in [-0.4, -0.2) is 17.0 Å². The van der Waals surface area contributed by atoms with Crippen molar-refractivity contribution in [1.82, 2.24) is 4.98 Å². The summed E-state index contributed by atoms with van der Waals surface area (Å²) in [6.45, 7) is 0. The van der Waals surface area contributed by atoms with E-state index in [0.29, 0.717) is 22.1 Å². The van der Waals surface area contributed by atoms with Crippen LogP contribution in [-0.2, 0) is 0 Å². The molecule has 0 spiro atoms. The highest BCUT2D eigenvalue weighted by Crippen LogP contribution is 2.30. The molecule has 0 radical (unpaired) electrons. The largest absolute Gasteiger partial charge is 0.373 e. The summed E-state index contributed by atoms with van der Waals surface area (Å²) in [7, 11) is 1.70. The average Bonchev–Trinajstić information content (AvgIpc) is 2.38. The van der Waals surface area contributed by atoms with Crippen LogP contribution in [0.15, 0.2) is 36.4 Å². The number of nitrogens with one attached hydrogen (secondary N) is 1. The van der Waals surface area contributed by atoms with Gasteiger partial charge in [-0.15, -0.1) is 0 Å². The van der Waals surface area contributed by atoms with Crippen molar-refractivity contribution in [2.24, 2.45) is 0 Å². The van der Waals surface area contributed by atoms with E-state index >= 15 is 0 Å². The molecule has 6 heteroatoms. The molecule has 0 atom stereocenters. The Labute approximate surface area is 109 Å². The second-order valence-electron chi connectivity index (χ2n) is 3.58. The highest BCUT2D eigenvalue weighted by atomic mass is 35.5. The maximum atomic E-state index is 11.0. The van der Waals surface area contributed by atoms with Crippen LogP contribution in [0.25, 0.3) is 11.3 Å². The summed E-state index contributed by atoms with van der Waals surface area (Å²) in [5.41, 5.74) is 0.872. The van der Waals surface area contributed by atoms with Crippen LogP contribution in [0.2, 0.25) is 5.02 Å². The average molecular weight is 264 g/mol. The van der Waals surface area contributed by atoms with E-state index in [1.54, 1.807) is 37.4 Å². The third kappa shape index (κ3) is 2.41. The topological polar surface area (TPSA) is 68.1 Å². The van der Waals surface area contributed by atoms with E-state index in [0.717, 1.165) is 0 Å². The molecule has 0 unspecified atom stereocenters. The summed E-state index contributed by atoms with van der Waals surface area (Å²) in [6, 6.07) is 9.81. The van der Waals surface area contributed by atoms with Gasteiger partial charge in [-0.25, -0.2) is 4.98 Å². The Morgan fingerprint density at radius 2 is 2.11 bits per heavy atom. The first-order valence-corrected chi connectivity index (χ1v) is 5.58. The Morgan fingerprint density at radius 1 is 1.33 bits per heavy atom. The number of nitro groups is 1. The van der Waals surface area contributed by atoms with E-state index in [4.69, 9.17) is 11.6 Å². The first kappa shape index (κ1) is 12.3. The second kappa shape index (κ2) is 5.01. The molecule has 0 saturated heterocycles. The zero-order valence-corrected chi connectivity index (χ0v) is 10.3. The highest BCUT2D eigenvalue weighted by molar-refractivity contribution is 6.30. The summed E-state index contributed by atoms with van der Waals surface area (Å²) in [4.78, 5) is 14.7. The standard InChI is InChI=1S/C12H10ClN3O2/c1-14-11-6-5-10(16(17)18)12(15-11)8-3-2-4-9(13)7-8/h2-7H,1H3,(H,14,15). The van der Waals surface area contributed by atoms with Gasteiger partial charge in [0.1, 0.15) is 5.82 Å². The molecular weight excluding hydrogens is 254 g/mol. The van der Waals surface area contributed by atoms with Crippen molar-refractivity contribution in [2.75, 3.05) is 12.4 Å². The van der Waals surface area contributed by atoms with E-state index < -0.39 is 4.92 Å². The molecule has 0 fully saturated rings. The lowest BCUT2D eigenvalue weighted by atomic mass is 10.1. The zero-order valence-electron chi connectivity index (χ0n) is 9.55. The number of benzene rings is 1. The minimum absolute atomic E-state index is 0.0451. The number of rotatable bonds is 3. The molecule has 1 heterocycles. The lowest BCUT2D eigenvalue weighted by molar-refractivity contribution is -0.384. The van der Waals surface area contributed by atoms with Gasteiger partial charge in [-0.05, 0) is 18.2 Å². The van der Waals surface area contributed by atoms with Crippen LogP contribution in [0.3, 0.4) is 0 Å². The van der Waals surface area contributed by atoms with Gasteiger partial charge < -0.3 is 5.32 Å². The van der Waals surface area contributed by atoms with Crippen LogP contribution in [0.5, 0.6) is 0 Å². The molecule has 0 bridgehead atoms. The summed E-state index contributed by atoms with van der Waals surface area (Å²) >= 11 is 5.89. The molecular formula is C12H10ClN3O2. The highest BCUT2D eigenvalue weighted by Gasteiger charge is 2.17. The first-order valence-electron chi connectivity index (χ1n) is 5.21. The number of hydrogen-bond donors (Lipinski definition) is 1. The molecule has 18 heavy (non-hydrogen) atoms. The number of pyridine rings is 1. The van der Waals surface area contributed by atoms with Crippen LogP contribution in [0.4, 0.5) is 11.5 Å². The molecule has 0 aliphatic heterocycles. The molecule has 92 valence electrons. The van der Waals surface area contributed by atoms with Gasteiger partial charge in [0.05, 0.1) is 4.92 Å². The van der Waals surface area contributed by atoms with Crippen molar-refractivity contribution in [1.29, 1.82) is 0 Å². The minimum Gasteiger partial charge on any atom is -0.373 e. The third-order valence-electron chi connectivity index (χ3n) is 2.42. The van der Waals surface area contributed by atoms with E-state index in [1.807, 2.05) is 0 Å². The fourth-order valence-electron chi connectivity index (χ4n) is 1.59. The first-order chi connectivity index (χ1) is 8.61. The van der Waals surface area contributed by atoms with Gasteiger partial charge in [0.15, 0.2) is 5.69 Å². The number of halogens is 1. The Balaban J connectivity index is 2.63. The molecule has 0 aliphatic rings. The van der Waals surface area contributed by atoms with Crippen molar-refractivity contribution in [3.05, 3.63) is 51.5 Å². The summed E-state index contributed by atoms with van der Waals surface area (Å²) in [6.07, 6.45) is 0. The van der Waals surface area contributed by atoms with E-state index in [1.165, 1.54) is 6.07 Å². The lowest BCUT2D eigenvalue weighted by Gasteiger charge is -2.05. The fourth-order valence-corrected chi connectivity index (χ4v) is 1.78. The molecule has 2 rings (SSSR count). The van der Waals surface area contributed by atoms with E-state index in [9.17, 15) is 10.1 Å². The van der Waals surface area contributed by atoms with Gasteiger partial charge in [0, 0.05) is 23.7 Å². The van der Waals surface area contributed by atoms with Crippen LogP contribution >= 0.6 is 11.6 Å².